The van der Waals surface area contributed by atoms with Gasteiger partial charge < -0.3 is 14.7 Å². The number of fused-ring (bicyclic) bond motifs is 1. The van der Waals surface area contributed by atoms with Gasteiger partial charge in [-0.2, -0.15) is 0 Å². The molecule has 0 amide bonds. The molecule has 0 bridgehead atoms. The van der Waals surface area contributed by atoms with E-state index >= 15 is 0 Å². The van der Waals surface area contributed by atoms with E-state index in [4.69, 9.17) is 9.52 Å². The van der Waals surface area contributed by atoms with Crippen molar-refractivity contribution in [3.63, 3.8) is 0 Å². The van der Waals surface area contributed by atoms with E-state index in [0.717, 1.165) is 37.1 Å². The number of rotatable bonds is 5. The summed E-state index contributed by atoms with van der Waals surface area (Å²) in [5, 5.41) is 22.4. The van der Waals surface area contributed by atoms with Gasteiger partial charge in [0.2, 0.25) is 0 Å². The molecule has 1 aromatic carbocycles. The van der Waals surface area contributed by atoms with Crippen molar-refractivity contribution in [2.75, 3.05) is 39.3 Å². The van der Waals surface area contributed by atoms with Crippen LogP contribution in [0.3, 0.4) is 0 Å². The van der Waals surface area contributed by atoms with Crippen LogP contribution in [0.15, 0.2) is 33.8 Å². The Morgan fingerprint density at radius 3 is 2.52 bits per heavy atom. The van der Waals surface area contributed by atoms with E-state index in [1.54, 1.807) is 6.07 Å². The summed E-state index contributed by atoms with van der Waals surface area (Å²) in [5.74, 6) is -0.184. The van der Waals surface area contributed by atoms with Crippen LogP contribution >= 0.6 is 0 Å². The van der Waals surface area contributed by atoms with Crippen LogP contribution in [0, 0.1) is 0 Å². The van der Waals surface area contributed by atoms with Crippen LogP contribution in [0.2, 0.25) is 0 Å². The predicted octanol–water partition coefficient (Wildman–Crippen LogP) is 1.04. The Labute approximate surface area is 145 Å². The molecule has 134 valence electrons. The highest BCUT2D eigenvalue weighted by molar-refractivity contribution is 5.99. The number of para-hydroxylation sites is 1. The number of ketones is 1. The second-order valence-corrected chi connectivity index (χ2v) is 6.25. The lowest BCUT2D eigenvalue weighted by atomic mass is 10.0. The summed E-state index contributed by atoms with van der Waals surface area (Å²) >= 11 is 0. The van der Waals surface area contributed by atoms with Crippen LogP contribution in [0.1, 0.15) is 22.8 Å². The first-order chi connectivity index (χ1) is 12.1. The number of aliphatic hydroxyl groups excluding tert-OH is 1. The summed E-state index contributed by atoms with van der Waals surface area (Å²) in [7, 11) is 0. The number of hydrogen-bond acceptors (Lipinski definition) is 7. The zero-order chi connectivity index (χ0) is 17.8. The molecule has 0 atom stereocenters. The molecular formula is C18H23N3O4. The van der Waals surface area contributed by atoms with Crippen molar-refractivity contribution in [2.24, 2.45) is 5.16 Å². The van der Waals surface area contributed by atoms with E-state index in [1.165, 1.54) is 6.92 Å². The summed E-state index contributed by atoms with van der Waals surface area (Å²) in [6.45, 7) is 6.35. The van der Waals surface area contributed by atoms with Crippen molar-refractivity contribution in [1.29, 1.82) is 0 Å². The van der Waals surface area contributed by atoms with Crippen LogP contribution in [0.25, 0.3) is 11.0 Å². The fraction of sp³-hybridized carbons (Fsp3) is 0.444. The molecule has 7 nitrogen and oxygen atoms in total. The molecule has 0 saturated carbocycles. The molecule has 7 heteroatoms. The number of piperazine rings is 1. The van der Waals surface area contributed by atoms with Gasteiger partial charge in [0.15, 0.2) is 5.78 Å². The van der Waals surface area contributed by atoms with E-state index in [-0.39, 0.29) is 17.9 Å². The Hall–Kier alpha value is -2.22. The zero-order valence-corrected chi connectivity index (χ0v) is 14.3. The first-order valence-electron chi connectivity index (χ1n) is 8.43. The van der Waals surface area contributed by atoms with Crippen molar-refractivity contribution in [3.05, 3.63) is 40.9 Å². The maximum absolute atomic E-state index is 12.2. The third kappa shape index (κ3) is 3.73. The highest BCUT2D eigenvalue weighted by atomic mass is 16.5. The second kappa shape index (κ2) is 7.77. The first kappa shape index (κ1) is 17.6. The van der Waals surface area contributed by atoms with Gasteiger partial charge in [-0.05, 0) is 23.7 Å². The number of hydrogen-bond donors (Lipinski definition) is 2. The highest BCUT2D eigenvalue weighted by Crippen LogP contribution is 2.22. The van der Waals surface area contributed by atoms with Gasteiger partial charge in [-0.3, -0.25) is 14.6 Å². The van der Waals surface area contributed by atoms with E-state index in [2.05, 4.69) is 15.0 Å². The van der Waals surface area contributed by atoms with Crippen molar-refractivity contribution in [3.8, 4) is 0 Å². The van der Waals surface area contributed by atoms with Gasteiger partial charge in [-0.15, -0.1) is 0 Å². The van der Waals surface area contributed by atoms with Crippen molar-refractivity contribution in [2.45, 2.75) is 13.5 Å². The molecule has 1 saturated heterocycles. The number of Topliss-reactive ketones (excluding diaryl/α,β-unsaturated/α-hetero) is 1. The average Bonchev–Trinajstić information content (AvgIpc) is 2.62. The molecule has 25 heavy (non-hydrogen) atoms. The quantitative estimate of drug-likeness (QED) is 0.478. The van der Waals surface area contributed by atoms with Crippen LogP contribution < -0.4 is 5.55 Å². The number of β-amino-alcohol motifs (C(OH)–C–C–N with tert-alkyl or cyclic N) is 1. The molecule has 1 fully saturated rings. The Balaban J connectivity index is 1.97. The lowest BCUT2D eigenvalue weighted by Crippen LogP contribution is -2.46. The lowest BCUT2D eigenvalue weighted by Gasteiger charge is -2.34. The van der Waals surface area contributed by atoms with Gasteiger partial charge in [0, 0.05) is 44.7 Å². The minimum atomic E-state index is -0.184. The molecule has 2 heterocycles. The predicted molar refractivity (Wildman–Crippen MR) is 92.4 cm³/mol. The molecule has 1 aliphatic rings. The van der Waals surface area contributed by atoms with Crippen molar-refractivity contribution >= 4 is 16.8 Å². The lowest BCUT2D eigenvalue weighted by molar-refractivity contribution is 0.0992. The SMILES string of the molecule is CC(=O)c1c(CN2CCN(CCO)CC2)c2ccccc2oc1=NO. The smallest absolute Gasteiger partial charge is 0.266 e. The van der Waals surface area contributed by atoms with Crippen LogP contribution in [0.5, 0.6) is 0 Å². The van der Waals surface area contributed by atoms with Gasteiger partial charge in [-0.1, -0.05) is 18.2 Å². The number of carbonyl (C=O) groups excluding carboxylic acids is 1. The fourth-order valence-corrected chi connectivity index (χ4v) is 3.36. The number of nitrogens with zero attached hydrogens (tertiary/aromatic N) is 3. The molecule has 3 rings (SSSR count). The minimum Gasteiger partial charge on any atom is -0.435 e. The summed E-state index contributed by atoms with van der Waals surface area (Å²) in [6, 6.07) is 7.47. The minimum absolute atomic E-state index is 0.0416. The molecule has 2 N–H and O–H groups in total. The highest BCUT2D eigenvalue weighted by Gasteiger charge is 2.22. The maximum atomic E-state index is 12.2. The first-order valence-corrected chi connectivity index (χ1v) is 8.43. The van der Waals surface area contributed by atoms with Crippen LogP contribution in [-0.4, -0.2) is 65.2 Å². The monoisotopic (exact) mass is 345 g/mol. The van der Waals surface area contributed by atoms with Gasteiger partial charge in [0.25, 0.3) is 5.55 Å². The molecule has 1 aromatic heterocycles. The third-order valence-electron chi connectivity index (χ3n) is 4.64. The summed E-state index contributed by atoms with van der Waals surface area (Å²) < 4.78 is 5.59. The molecule has 0 spiro atoms. The van der Waals surface area contributed by atoms with Crippen molar-refractivity contribution in [1.82, 2.24) is 9.80 Å². The molecule has 0 aliphatic carbocycles. The Bertz CT molecular complexity index is 823. The molecule has 2 aromatic rings. The number of aliphatic hydroxyl groups is 1. The molecular weight excluding hydrogens is 322 g/mol. The topological polar surface area (TPSA) is 89.5 Å². The van der Waals surface area contributed by atoms with Crippen molar-refractivity contribution < 1.29 is 19.5 Å². The Morgan fingerprint density at radius 1 is 1.20 bits per heavy atom. The largest absolute Gasteiger partial charge is 0.435 e. The Kier molecular flexibility index (Phi) is 5.47. The molecule has 1 aliphatic heterocycles. The molecule has 0 unspecified atom stereocenters. The van der Waals surface area contributed by atoms with Gasteiger partial charge in [0.05, 0.1) is 12.2 Å². The van der Waals surface area contributed by atoms with E-state index in [1.807, 2.05) is 18.2 Å². The third-order valence-corrected chi connectivity index (χ3v) is 4.64. The van der Waals surface area contributed by atoms with E-state index < -0.39 is 0 Å². The van der Waals surface area contributed by atoms with Gasteiger partial charge in [-0.25, -0.2) is 0 Å². The van der Waals surface area contributed by atoms with Crippen LogP contribution in [-0.2, 0) is 6.54 Å². The summed E-state index contributed by atoms with van der Waals surface area (Å²) in [4.78, 5) is 16.7. The number of carbonyl (C=O) groups is 1. The Morgan fingerprint density at radius 2 is 1.88 bits per heavy atom. The standard InChI is InChI=1S/C18H23N3O4/c1-13(23)17-15(12-21-8-6-20(7-9-21)10-11-22)14-4-2-3-5-16(14)25-18(17)19-24/h2-5,22,24H,6-12H2,1H3. The molecule has 0 radical (unpaired) electrons. The normalized spacial score (nSPS) is 17.3. The second-order valence-electron chi connectivity index (χ2n) is 6.25. The summed E-state index contributed by atoms with van der Waals surface area (Å²) in [6.07, 6.45) is 0. The van der Waals surface area contributed by atoms with Gasteiger partial charge in [0.1, 0.15) is 5.58 Å². The zero-order valence-electron chi connectivity index (χ0n) is 14.3. The van der Waals surface area contributed by atoms with Crippen LogP contribution in [0.4, 0.5) is 0 Å². The maximum Gasteiger partial charge on any atom is 0.266 e. The summed E-state index contributed by atoms with van der Waals surface area (Å²) in [5.41, 5.74) is 1.71. The average molecular weight is 345 g/mol. The van der Waals surface area contributed by atoms with E-state index in [0.29, 0.717) is 24.2 Å². The van der Waals surface area contributed by atoms with Gasteiger partial charge >= 0.3 is 0 Å². The van der Waals surface area contributed by atoms with E-state index in [9.17, 15) is 10.0 Å². The fourth-order valence-electron chi connectivity index (χ4n) is 3.36. The number of benzene rings is 1.